The lowest BCUT2D eigenvalue weighted by Crippen LogP contribution is -2.84. The van der Waals surface area contributed by atoms with Gasteiger partial charge >= 0.3 is 0 Å². The zero-order valence-corrected chi connectivity index (χ0v) is 13.1. The third-order valence-electron chi connectivity index (χ3n) is 2.98. The van der Waals surface area contributed by atoms with E-state index in [9.17, 15) is 0 Å². The minimum Gasteiger partial charge on any atom is -0.490 e. The summed E-state index contributed by atoms with van der Waals surface area (Å²) in [7, 11) is 0. The molecular formula is C15H24Cl2NO+. The van der Waals surface area contributed by atoms with Gasteiger partial charge in [-0.1, -0.05) is 42.6 Å². The van der Waals surface area contributed by atoms with Crippen molar-refractivity contribution in [1.82, 2.24) is 0 Å². The van der Waals surface area contributed by atoms with Crippen LogP contribution in [0.5, 0.6) is 5.75 Å². The summed E-state index contributed by atoms with van der Waals surface area (Å²) in [6.45, 7) is 5.37. The van der Waals surface area contributed by atoms with Gasteiger partial charge in [0.2, 0.25) is 0 Å². The smallest absolute Gasteiger partial charge is 0.156 e. The molecule has 4 heteroatoms. The second-order valence-electron chi connectivity index (χ2n) is 4.68. The summed E-state index contributed by atoms with van der Waals surface area (Å²) in [5.74, 6) is 0.611. The Balaban J connectivity index is 2.05. The van der Waals surface area contributed by atoms with E-state index in [1.165, 1.54) is 38.8 Å². The highest BCUT2D eigenvalue weighted by molar-refractivity contribution is 6.37. The van der Waals surface area contributed by atoms with Gasteiger partial charge in [0.25, 0.3) is 0 Å². The van der Waals surface area contributed by atoms with E-state index in [-0.39, 0.29) is 0 Å². The maximum absolute atomic E-state index is 6.03. The molecule has 0 unspecified atom stereocenters. The van der Waals surface area contributed by atoms with Crippen molar-refractivity contribution in [3.05, 3.63) is 28.2 Å². The van der Waals surface area contributed by atoms with Crippen molar-refractivity contribution in [2.24, 2.45) is 0 Å². The molecule has 0 aliphatic heterocycles. The lowest BCUT2D eigenvalue weighted by molar-refractivity contribution is -0.655. The maximum Gasteiger partial charge on any atom is 0.156 e. The SMILES string of the molecule is CCCC[NH2+]CCCCCOc1c(Cl)cccc1Cl. The highest BCUT2D eigenvalue weighted by Crippen LogP contribution is 2.32. The molecule has 0 aliphatic carbocycles. The number of para-hydroxylation sites is 1. The number of unbranched alkanes of at least 4 members (excludes halogenated alkanes) is 3. The molecular weight excluding hydrogens is 281 g/mol. The molecule has 0 bridgehead atoms. The van der Waals surface area contributed by atoms with E-state index in [0.717, 1.165) is 6.42 Å². The molecule has 0 spiro atoms. The lowest BCUT2D eigenvalue weighted by atomic mass is 10.2. The molecule has 0 aliphatic rings. The van der Waals surface area contributed by atoms with Crippen LogP contribution in [0.3, 0.4) is 0 Å². The summed E-state index contributed by atoms with van der Waals surface area (Å²) in [4.78, 5) is 0. The van der Waals surface area contributed by atoms with Gasteiger partial charge in [0.1, 0.15) is 0 Å². The zero-order chi connectivity index (χ0) is 13.9. The summed E-state index contributed by atoms with van der Waals surface area (Å²) in [6.07, 6.45) is 6.06. The monoisotopic (exact) mass is 304 g/mol. The number of rotatable bonds is 10. The second-order valence-corrected chi connectivity index (χ2v) is 5.49. The number of quaternary nitrogens is 1. The maximum atomic E-state index is 6.03. The average molecular weight is 305 g/mol. The van der Waals surface area contributed by atoms with Gasteiger partial charge < -0.3 is 10.1 Å². The largest absolute Gasteiger partial charge is 0.490 e. The molecule has 0 radical (unpaired) electrons. The van der Waals surface area contributed by atoms with Gasteiger partial charge in [-0.25, -0.2) is 0 Å². The Morgan fingerprint density at radius 3 is 2.37 bits per heavy atom. The van der Waals surface area contributed by atoms with Crippen LogP contribution in [0.1, 0.15) is 39.0 Å². The fourth-order valence-electron chi connectivity index (χ4n) is 1.85. The van der Waals surface area contributed by atoms with Crippen LogP contribution in [0.4, 0.5) is 0 Å². The van der Waals surface area contributed by atoms with Gasteiger partial charge in [0.15, 0.2) is 5.75 Å². The van der Waals surface area contributed by atoms with Gasteiger partial charge in [0, 0.05) is 0 Å². The molecule has 2 nitrogen and oxygen atoms in total. The summed E-state index contributed by atoms with van der Waals surface area (Å²) in [5, 5.41) is 3.57. The van der Waals surface area contributed by atoms with Crippen LogP contribution in [0.2, 0.25) is 10.0 Å². The normalized spacial score (nSPS) is 10.7. The molecule has 1 aromatic carbocycles. The fourth-order valence-corrected chi connectivity index (χ4v) is 2.36. The third-order valence-corrected chi connectivity index (χ3v) is 3.57. The molecule has 0 atom stereocenters. The van der Waals surface area contributed by atoms with Gasteiger partial charge in [0.05, 0.1) is 29.7 Å². The van der Waals surface area contributed by atoms with Crippen LogP contribution in [-0.2, 0) is 0 Å². The number of ether oxygens (including phenoxy) is 1. The molecule has 1 rings (SSSR count). The summed E-state index contributed by atoms with van der Waals surface area (Å²) >= 11 is 12.1. The molecule has 0 fully saturated rings. The Hall–Kier alpha value is -0.440. The zero-order valence-electron chi connectivity index (χ0n) is 11.6. The molecule has 0 saturated carbocycles. The van der Waals surface area contributed by atoms with E-state index in [1.807, 2.05) is 6.07 Å². The lowest BCUT2D eigenvalue weighted by Gasteiger charge is -2.09. The predicted octanol–water partition coefficient (Wildman–Crippen LogP) is 3.91. The Morgan fingerprint density at radius 1 is 1.00 bits per heavy atom. The molecule has 1 aromatic rings. The van der Waals surface area contributed by atoms with Crippen molar-refractivity contribution in [3.63, 3.8) is 0 Å². The summed E-state index contributed by atoms with van der Waals surface area (Å²) in [5.41, 5.74) is 0. The number of halogens is 2. The molecule has 0 aromatic heterocycles. The van der Waals surface area contributed by atoms with E-state index in [0.29, 0.717) is 22.4 Å². The van der Waals surface area contributed by atoms with E-state index in [4.69, 9.17) is 27.9 Å². The molecule has 2 N–H and O–H groups in total. The van der Waals surface area contributed by atoms with Gasteiger partial charge in [-0.15, -0.1) is 0 Å². The van der Waals surface area contributed by atoms with Crippen molar-refractivity contribution in [2.45, 2.75) is 39.0 Å². The van der Waals surface area contributed by atoms with Gasteiger partial charge in [-0.3, -0.25) is 0 Å². The molecule has 0 amide bonds. The van der Waals surface area contributed by atoms with Gasteiger partial charge in [-0.2, -0.15) is 0 Å². The van der Waals surface area contributed by atoms with Crippen LogP contribution >= 0.6 is 23.2 Å². The van der Waals surface area contributed by atoms with E-state index >= 15 is 0 Å². The number of hydrogen-bond donors (Lipinski definition) is 1. The molecule has 19 heavy (non-hydrogen) atoms. The van der Waals surface area contributed by atoms with E-state index in [1.54, 1.807) is 12.1 Å². The Labute approximate surface area is 126 Å². The third kappa shape index (κ3) is 7.05. The highest BCUT2D eigenvalue weighted by atomic mass is 35.5. The minimum atomic E-state index is 0.584. The molecule has 0 saturated heterocycles. The van der Waals surface area contributed by atoms with Crippen LogP contribution in [-0.4, -0.2) is 19.7 Å². The Bertz CT molecular complexity index is 338. The fraction of sp³-hybridized carbons (Fsp3) is 0.600. The van der Waals surface area contributed by atoms with Crippen LogP contribution in [0.25, 0.3) is 0 Å². The van der Waals surface area contributed by atoms with Gasteiger partial charge in [-0.05, 0) is 37.8 Å². The van der Waals surface area contributed by atoms with Crippen molar-refractivity contribution in [3.8, 4) is 5.75 Å². The standard InChI is InChI=1S/C15H23Cl2NO/c1-2-3-10-18-11-5-4-6-12-19-15-13(16)8-7-9-14(15)17/h7-9,18H,2-6,10-12H2,1H3/p+1. The topological polar surface area (TPSA) is 25.8 Å². The number of benzene rings is 1. The van der Waals surface area contributed by atoms with E-state index < -0.39 is 0 Å². The Morgan fingerprint density at radius 2 is 1.68 bits per heavy atom. The van der Waals surface area contributed by atoms with Crippen LogP contribution < -0.4 is 10.1 Å². The summed E-state index contributed by atoms with van der Waals surface area (Å²) < 4.78 is 5.64. The molecule has 108 valence electrons. The first-order chi connectivity index (χ1) is 9.25. The highest BCUT2D eigenvalue weighted by Gasteiger charge is 2.05. The second kappa shape index (κ2) is 10.4. The molecule has 0 heterocycles. The van der Waals surface area contributed by atoms with Crippen LogP contribution in [0.15, 0.2) is 18.2 Å². The number of nitrogens with two attached hydrogens (primary N) is 1. The predicted molar refractivity (Wildman–Crippen MR) is 82.4 cm³/mol. The van der Waals surface area contributed by atoms with E-state index in [2.05, 4.69) is 12.2 Å². The quantitative estimate of drug-likeness (QED) is 0.652. The average Bonchev–Trinajstić information content (AvgIpc) is 2.40. The van der Waals surface area contributed by atoms with Crippen molar-refractivity contribution in [2.75, 3.05) is 19.7 Å². The first kappa shape index (κ1) is 16.6. The van der Waals surface area contributed by atoms with Crippen molar-refractivity contribution in [1.29, 1.82) is 0 Å². The van der Waals surface area contributed by atoms with Crippen molar-refractivity contribution < 1.29 is 10.1 Å². The van der Waals surface area contributed by atoms with Crippen LogP contribution in [0, 0.1) is 0 Å². The summed E-state index contributed by atoms with van der Waals surface area (Å²) in [6, 6.07) is 5.42. The Kier molecular flexibility index (Phi) is 9.06. The number of hydrogen-bond acceptors (Lipinski definition) is 1. The first-order valence-corrected chi connectivity index (χ1v) is 7.89. The minimum absolute atomic E-state index is 0.584. The first-order valence-electron chi connectivity index (χ1n) is 7.14. The van der Waals surface area contributed by atoms with Crippen molar-refractivity contribution >= 4 is 23.2 Å².